The first kappa shape index (κ1) is 16.6. The molecule has 0 saturated carbocycles. The van der Waals surface area contributed by atoms with E-state index >= 15 is 0 Å². The molecule has 2 heterocycles. The molecule has 0 aliphatic carbocycles. The largest absolute Gasteiger partial charge is 0.370 e. The van der Waals surface area contributed by atoms with E-state index in [1.807, 2.05) is 6.92 Å². The molecule has 6 nitrogen and oxygen atoms in total. The highest BCUT2D eigenvalue weighted by Crippen LogP contribution is 2.18. The van der Waals surface area contributed by atoms with Crippen molar-refractivity contribution in [2.75, 3.05) is 31.5 Å². The minimum absolute atomic E-state index is 0.378. The molecule has 0 unspecified atom stereocenters. The molecule has 0 atom stereocenters. The minimum Gasteiger partial charge on any atom is -0.370 e. The second kappa shape index (κ2) is 7.57. The second-order valence-corrected chi connectivity index (χ2v) is 6.45. The van der Waals surface area contributed by atoms with Crippen LogP contribution in [-0.2, 0) is 0 Å². The van der Waals surface area contributed by atoms with Gasteiger partial charge in [0.1, 0.15) is 0 Å². The molecule has 1 aromatic carbocycles. The first-order valence-corrected chi connectivity index (χ1v) is 8.66. The van der Waals surface area contributed by atoms with Gasteiger partial charge >= 0.3 is 0 Å². The van der Waals surface area contributed by atoms with Crippen molar-refractivity contribution in [3.63, 3.8) is 0 Å². The van der Waals surface area contributed by atoms with Crippen molar-refractivity contribution in [3.05, 3.63) is 29.5 Å². The highest BCUT2D eigenvalue weighted by Gasteiger charge is 2.10. The smallest absolute Gasteiger partial charge is 0.230 e. The molecule has 0 bridgehead atoms. The fourth-order valence-electron chi connectivity index (χ4n) is 3.11. The summed E-state index contributed by atoms with van der Waals surface area (Å²) in [6.07, 6.45) is 3.68. The van der Waals surface area contributed by atoms with Crippen LogP contribution in [-0.4, -0.2) is 47.0 Å². The van der Waals surface area contributed by atoms with Crippen molar-refractivity contribution in [3.8, 4) is 0 Å². The lowest BCUT2D eigenvalue weighted by Gasteiger charge is -2.13. The maximum atomic E-state index is 5.97. The van der Waals surface area contributed by atoms with Crippen molar-refractivity contribution in [1.29, 1.82) is 0 Å². The van der Waals surface area contributed by atoms with E-state index in [0.717, 1.165) is 36.1 Å². The number of guanidine groups is 1. The first-order valence-electron chi connectivity index (χ1n) is 8.66. The van der Waals surface area contributed by atoms with Crippen LogP contribution in [0.15, 0.2) is 23.2 Å². The van der Waals surface area contributed by atoms with Crippen LogP contribution in [0.4, 0.5) is 5.95 Å². The molecular weight excluding hydrogens is 300 g/mol. The van der Waals surface area contributed by atoms with E-state index in [4.69, 9.17) is 5.73 Å². The summed E-state index contributed by atoms with van der Waals surface area (Å²) in [6, 6.07) is 6.18. The van der Waals surface area contributed by atoms with Crippen LogP contribution in [0.3, 0.4) is 0 Å². The summed E-state index contributed by atoms with van der Waals surface area (Å²) in [4.78, 5) is 15.9. The van der Waals surface area contributed by atoms with Gasteiger partial charge in [0.05, 0.1) is 11.2 Å². The van der Waals surface area contributed by atoms with Crippen LogP contribution in [0.2, 0.25) is 0 Å². The standard InChI is InChI=1S/C18H26N6/c1-13-6-7-15-14(2)21-18(22-16(15)12-13)23-17(19)20-8-5-11-24-9-3-4-10-24/h6-7,12H,3-5,8-11H2,1-2H3,(H3,19,20,21,22,23). The molecule has 1 aliphatic heterocycles. The number of aryl methyl sites for hydroxylation is 2. The highest BCUT2D eigenvalue weighted by atomic mass is 15.2. The number of hydrogen-bond acceptors (Lipinski definition) is 4. The molecular formula is C18H26N6. The number of nitrogens with two attached hydrogens (primary N) is 1. The molecule has 1 fully saturated rings. The summed E-state index contributed by atoms with van der Waals surface area (Å²) >= 11 is 0. The quantitative estimate of drug-likeness (QED) is 0.501. The number of aromatic nitrogens is 2. The summed E-state index contributed by atoms with van der Waals surface area (Å²) in [6.45, 7) is 8.30. The monoisotopic (exact) mass is 326 g/mol. The highest BCUT2D eigenvalue weighted by molar-refractivity contribution is 5.92. The van der Waals surface area contributed by atoms with Crippen molar-refractivity contribution in [2.24, 2.45) is 10.7 Å². The molecule has 1 aliphatic rings. The van der Waals surface area contributed by atoms with Crippen LogP contribution in [0, 0.1) is 13.8 Å². The molecule has 3 N–H and O–H groups in total. The first-order chi connectivity index (χ1) is 11.6. The van der Waals surface area contributed by atoms with E-state index in [-0.39, 0.29) is 0 Å². The molecule has 0 spiro atoms. The van der Waals surface area contributed by atoms with Gasteiger partial charge in [0.25, 0.3) is 0 Å². The van der Waals surface area contributed by atoms with Crippen molar-refractivity contribution < 1.29 is 0 Å². The Kier molecular flexibility index (Phi) is 5.25. The van der Waals surface area contributed by atoms with E-state index in [1.54, 1.807) is 0 Å². The van der Waals surface area contributed by atoms with Crippen molar-refractivity contribution in [2.45, 2.75) is 33.1 Å². The lowest BCUT2D eigenvalue weighted by atomic mass is 10.1. The van der Waals surface area contributed by atoms with Gasteiger partial charge in [-0.05, 0) is 64.4 Å². The zero-order chi connectivity index (χ0) is 16.9. The van der Waals surface area contributed by atoms with Crippen LogP contribution < -0.4 is 11.1 Å². The number of nitrogens with one attached hydrogen (secondary N) is 1. The Morgan fingerprint density at radius 2 is 2.04 bits per heavy atom. The normalized spacial score (nSPS) is 16.0. The van der Waals surface area contributed by atoms with Gasteiger partial charge in [0, 0.05) is 11.9 Å². The lowest BCUT2D eigenvalue weighted by molar-refractivity contribution is 0.336. The molecule has 2 aromatic rings. The zero-order valence-electron chi connectivity index (χ0n) is 14.5. The Bertz CT molecular complexity index is 734. The Hall–Kier alpha value is -2.21. The van der Waals surface area contributed by atoms with Crippen molar-refractivity contribution >= 4 is 22.8 Å². The number of rotatable bonds is 5. The van der Waals surface area contributed by atoms with Gasteiger partial charge in [-0.3, -0.25) is 10.3 Å². The van der Waals surface area contributed by atoms with Gasteiger partial charge in [0.2, 0.25) is 5.95 Å². The average molecular weight is 326 g/mol. The van der Waals surface area contributed by atoms with E-state index in [0.29, 0.717) is 11.9 Å². The Morgan fingerprint density at radius 1 is 1.25 bits per heavy atom. The fraction of sp³-hybridized carbons (Fsp3) is 0.500. The Morgan fingerprint density at radius 3 is 2.83 bits per heavy atom. The predicted molar refractivity (Wildman–Crippen MR) is 99.4 cm³/mol. The Labute approximate surface area is 143 Å². The molecule has 0 amide bonds. The third-order valence-electron chi connectivity index (χ3n) is 4.40. The third-order valence-corrected chi connectivity index (χ3v) is 4.40. The Balaban J connectivity index is 1.59. The van der Waals surface area contributed by atoms with E-state index in [1.165, 1.54) is 31.5 Å². The van der Waals surface area contributed by atoms with Gasteiger partial charge < -0.3 is 10.6 Å². The van der Waals surface area contributed by atoms with Crippen molar-refractivity contribution in [1.82, 2.24) is 14.9 Å². The van der Waals surface area contributed by atoms with Gasteiger partial charge in [-0.2, -0.15) is 0 Å². The summed E-state index contributed by atoms with van der Waals surface area (Å²) < 4.78 is 0. The van der Waals surface area contributed by atoms with Gasteiger partial charge in [0.15, 0.2) is 5.96 Å². The molecule has 24 heavy (non-hydrogen) atoms. The summed E-state index contributed by atoms with van der Waals surface area (Å²) in [5, 5.41) is 4.08. The predicted octanol–water partition coefficient (Wildman–Crippen LogP) is 2.46. The maximum Gasteiger partial charge on any atom is 0.230 e. The molecule has 0 radical (unpaired) electrons. The summed E-state index contributed by atoms with van der Waals surface area (Å²) in [5.74, 6) is 0.884. The maximum absolute atomic E-state index is 5.97. The molecule has 1 aromatic heterocycles. The second-order valence-electron chi connectivity index (χ2n) is 6.45. The fourth-order valence-corrected chi connectivity index (χ4v) is 3.11. The van der Waals surface area contributed by atoms with E-state index < -0.39 is 0 Å². The van der Waals surface area contributed by atoms with E-state index in [2.05, 4.69) is 50.3 Å². The molecule has 3 rings (SSSR count). The molecule has 6 heteroatoms. The number of hydrogen-bond donors (Lipinski definition) is 2. The van der Waals surface area contributed by atoms with Gasteiger partial charge in [-0.1, -0.05) is 12.1 Å². The lowest BCUT2D eigenvalue weighted by Crippen LogP contribution is -2.25. The topological polar surface area (TPSA) is 79.4 Å². The number of fused-ring (bicyclic) bond motifs is 1. The number of likely N-dealkylation sites (tertiary alicyclic amines) is 1. The summed E-state index contributed by atoms with van der Waals surface area (Å²) in [7, 11) is 0. The van der Waals surface area contributed by atoms with Gasteiger partial charge in [-0.25, -0.2) is 9.97 Å². The van der Waals surface area contributed by atoms with Crippen LogP contribution >= 0.6 is 0 Å². The third kappa shape index (κ3) is 4.20. The van der Waals surface area contributed by atoms with Crippen LogP contribution in [0.5, 0.6) is 0 Å². The molecule has 1 saturated heterocycles. The SMILES string of the molecule is Cc1ccc2c(C)nc(NC(N)=NCCCN3CCCC3)nc2c1. The van der Waals surface area contributed by atoms with E-state index in [9.17, 15) is 0 Å². The van der Waals surface area contributed by atoms with Gasteiger partial charge in [-0.15, -0.1) is 0 Å². The number of nitrogens with zero attached hydrogens (tertiary/aromatic N) is 4. The average Bonchev–Trinajstić information content (AvgIpc) is 3.04. The minimum atomic E-state index is 0.378. The number of anilines is 1. The van der Waals surface area contributed by atoms with Crippen LogP contribution in [0.1, 0.15) is 30.5 Å². The molecule has 128 valence electrons. The summed E-state index contributed by atoms with van der Waals surface area (Å²) in [5.41, 5.74) is 9.00. The number of aliphatic imine (C=N–C) groups is 1. The zero-order valence-corrected chi connectivity index (χ0v) is 14.5. The number of benzene rings is 1. The van der Waals surface area contributed by atoms with Crippen LogP contribution in [0.25, 0.3) is 10.9 Å².